The second kappa shape index (κ2) is 19.2. The van der Waals surface area contributed by atoms with E-state index in [4.69, 9.17) is 18.3 Å². The van der Waals surface area contributed by atoms with E-state index in [2.05, 4.69) is 141 Å². The van der Waals surface area contributed by atoms with Gasteiger partial charge in [0.2, 0.25) is 0 Å². The maximum atomic E-state index is 14.8. The molecule has 1 unspecified atom stereocenters. The maximum absolute atomic E-state index is 14.8. The highest BCUT2D eigenvalue weighted by Gasteiger charge is 2.38. The van der Waals surface area contributed by atoms with Gasteiger partial charge in [-0.05, 0) is 134 Å². The van der Waals surface area contributed by atoms with E-state index in [-0.39, 0.29) is 38.5 Å². The summed E-state index contributed by atoms with van der Waals surface area (Å²) in [5, 5.41) is 0.312. The summed E-state index contributed by atoms with van der Waals surface area (Å²) < 4.78 is 53.1. The summed E-state index contributed by atoms with van der Waals surface area (Å²) in [6, 6.07) is 22.2. The highest BCUT2D eigenvalue weighted by Crippen LogP contribution is 2.44. The van der Waals surface area contributed by atoms with Gasteiger partial charge in [-0.1, -0.05) is 127 Å². The molecule has 4 nitrogen and oxygen atoms in total. The summed E-state index contributed by atoms with van der Waals surface area (Å²) in [5.41, 5.74) is 8.01. The van der Waals surface area contributed by atoms with Crippen LogP contribution in [0.25, 0.3) is 27.8 Å². The van der Waals surface area contributed by atoms with Gasteiger partial charge in [-0.2, -0.15) is 0 Å². The normalized spacial score (nSPS) is 13.3. The van der Waals surface area contributed by atoms with E-state index in [0.717, 1.165) is 39.0 Å². The fraction of sp³-hybridized carbons (Fsp3) is 0.500. The highest BCUT2D eigenvalue weighted by molar-refractivity contribution is 6.74. The van der Waals surface area contributed by atoms with Crippen molar-refractivity contribution in [3.8, 4) is 33.8 Å². The molecule has 0 aromatic heterocycles. The zero-order valence-electron chi connectivity index (χ0n) is 40.5. The van der Waals surface area contributed by atoms with Gasteiger partial charge in [-0.15, -0.1) is 0 Å². The SMILES string of the molecule is C=C(c1cc(CO[Si](C)(C)C(C)(C)C)ccc1-c1cc(OC)ccc1F)C(C)(C)C.COc1ccc(F)c(-c2ccc(CO[Si](C)(C)C(C)(C)C)cc2C(C)C(C)(C)C)c1. The number of ether oxygens (including phenoxy) is 2. The van der Waals surface area contributed by atoms with Crippen LogP contribution in [0.5, 0.6) is 11.5 Å². The summed E-state index contributed by atoms with van der Waals surface area (Å²) >= 11 is 0. The van der Waals surface area contributed by atoms with Gasteiger partial charge in [0.1, 0.15) is 23.1 Å². The lowest BCUT2D eigenvalue weighted by molar-refractivity contribution is 0.276. The molecule has 0 aliphatic carbocycles. The predicted molar refractivity (Wildman–Crippen MR) is 257 cm³/mol. The molecule has 1 atom stereocenters. The molecular weight excluding hydrogens is 783 g/mol. The summed E-state index contributed by atoms with van der Waals surface area (Å²) in [4.78, 5) is 0. The average molecular weight is 859 g/mol. The van der Waals surface area contributed by atoms with Crippen molar-refractivity contribution in [3.05, 3.63) is 113 Å². The number of allylic oxidation sites excluding steroid dienone is 1. The Balaban J connectivity index is 0.000000320. The van der Waals surface area contributed by atoms with Gasteiger partial charge < -0.3 is 18.3 Å². The van der Waals surface area contributed by atoms with Crippen molar-refractivity contribution >= 4 is 22.2 Å². The van der Waals surface area contributed by atoms with E-state index in [1.54, 1.807) is 38.5 Å². The number of benzene rings is 4. The van der Waals surface area contributed by atoms with E-state index in [9.17, 15) is 8.78 Å². The quantitative estimate of drug-likeness (QED) is 0.133. The first-order chi connectivity index (χ1) is 27.3. The van der Waals surface area contributed by atoms with E-state index < -0.39 is 16.6 Å². The minimum atomic E-state index is -1.87. The summed E-state index contributed by atoms with van der Waals surface area (Å²) in [5.74, 6) is 1.02. The molecule has 0 fully saturated rings. The van der Waals surface area contributed by atoms with Crippen molar-refractivity contribution in [2.75, 3.05) is 14.2 Å². The molecule has 4 aromatic rings. The summed E-state index contributed by atoms with van der Waals surface area (Å²) in [6.45, 7) is 43.3. The first kappa shape index (κ1) is 50.8. The second-order valence-electron chi connectivity index (χ2n) is 21.4. The van der Waals surface area contributed by atoms with Crippen LogP contribution in [0.15, 0.2) is 79.4 Å². The first-order valence-electron chi connectivity index (χ1n) is 21.3. The average Bonchev–Trinajstić information content (AvgIpc) is 3.14. The molecule has 0 bridgehead atoms. The molecule has 0 spiro atoms. The lowest BCUT2D eigenvalue weighted by atomic mass is 9.75. The summed E-state index contributed by atoms with van der Waals surface area (Å²) in [7, 11) is -0.512. The lowest BCUT2D eigenvalue weighted by Crippen LogP contribution is -2.40. The largest absolute Gasteiger partial charge is 0.497 e. The van der Waals surface area contributed by atoms with Crippen LogP contribution in [0.3, 0.4) is 0 Å². The molecule has 0 aliphatic rings. The van der Waals surface area contributed by atoms with E-state index in [0.29, 0.717) is 35.8 Å². The molecule has 330 valence electrons. The van der Waals surface area contributed by atoms with E-state index in [1.165, 1.54) is 12.1 Å². The number of hydrogen-bond donors (Lipinski definition) is 0. The molecule has 8 heteroatoms. The Morgan fingerprint density at radius 2 is 0.967 bits per heavy atom. The molecule has 0 amide bonds. The van der Waals surface area contributed by atoms with E-state index in [1.807, 2.05) is 18.2 Å². The Bertz CT molecular complexity index is 2090. The second-order valence-corrected chi connectivity index (χ2v) is 31.0. The van der Waals surface area contributed by atoms with Crippen LogP contribution >= 0.6 is 0 Å². The fourth-order valence-corrected chi connectivity index (χ4v) is 7.90. The van der Waals surface area contributed by atoms with Crippen LogP contribution in [0.1, 0.15) is 118 Å². The van der Waals surface area contributed by atoms with E-state index >= 15 is 0 Å². The third-order valence-electron chi connectivity index (χ3n) is 12.9. The van der Waals surface area contributed by atoms with Crippen molar-refractivity contribution < 1.29 is 27.1 Å². The third kappa shape index (κ3) is 12.7. The monoisotopic (exact) mass is 859 g/mol. The molecule has 0 radical (unpaired) electrons. The molecule has 60 heavy (non-hydrogen) atoms. The summed E-state index contributed by atoms with van der Waals surface area (Å²) in [6.07, 6.45) is 0. The Morgan fingerprint density at radius 3 is 1.35 bits per heavy atom. The van der Waals surface area contributed by atoms with Crippen LogP contribution in [0.2, 0.25) is 36.3 Å². The number of halogens is 2. The minimum absolute atomic E-state index is 0.0446. The van der Waals surface area contributed by atoms with Gasteiger partial charge >= 0.3 is 0 Å². The Morgan fingerprint density at radius 1 is 0.567 bits per heavy atom. The Labute approximate surface area is 365 Å². The maximum Gasteiger partial charge on any atom is 0.192 e. The van der Waals surface area contributed by atoms with Crippen molar-refractivity contribution in [3.63, 3.8) is 0 Å². The van der Waals surface area contributed by atoms with Crippen LogP contribution < -0.4 is 9.47 Å². The molecule has 0 saturated heterocycles. The Hall–Kier alpha value is -3.57. The zero-order chi connectivity index (χ0) is 45.8. The van der Waals surface area contributed by atoms with Gasteiger partial charge in [0.15, 0.2) is 16.6 Å². The van der Waals surface area contributed by atoms with Crippen molar-refractivity contribution in [2.45, 2.75) is 145 Å². The van der Waals surface area contributed by atoms with Crippen LogP contribution in [0.4, 0.5) is 8.78 Å². The first-order valence-corrected chi connectivity index (χ1v) is 27.1. The number of rotatable bonds is 12. The smallest absolute Gasteiger partial charge is 0.192 e. The molecule has 0 aliphatic heterocycles. The van der Waals surface area contributed by atoms with Crippen molar-refractivity contribution in [1.82, 2.24) is 0 Å². The fourth-order valence-electron chi connectivity index (χ4n) is 5.98. The topological polar surface area (TPSA) is 36.9 Å². The molecule has 0 N–H and O–H groups in total. The molecular formula is C52H76F2O4Si2. The molecule has 0 saturated carbocycles. The standard InChI is InChI=1S/C26H39FO2Si.C26H37FO2Si/c2*1-18(25(2,3)4)22-15-19(17-29-30(9,10)26(5,6)7)11-13-21(22)23-16-20(28-8)12-14-24(23)27/h11-16,18H,17H2,1-10H3;11-16H,1,17H2,2-10H3. The number of hydrogen-bond acceptors (Lipinski definition) is 4. The third-order valence-corrected chi connectivity index (χ3v) is 21.9. The van der Waals surface area contributed by atoms with Gasteiger partial charge in [-0.25, -0.2) is 8.78 Å². The van der Waals surface area contributed by atoms with Gasteiger partial charge in [0.05, 0.1) is 27.4 Å². The van der Waals surface area contributed by atoms with Gasteiger partial charge in [0.25, 0.3) is 0 Å². The van der Waals surface area contributed by atoms with Crippen LogP contribution in [0, 0.1) is 22.5 Å². The minimum Gasteiger partial charge on any atom is -0.497 e. The predicted octanol–water partition coefficient (Wildman–Crippen LogP) is 16.3. The van der Waals surface area contributed by atoms with Gasteiger partial charge in [-0.3, -0.25) is 0 Å². The molecule has 4 aromatic carbocycles. The molecule has 4 rings (SSSR count). The van der Waals surface area contributed by atoms with Crippen LogP contribution in [-0.2, 0) is 22.1 Å². The highest BCUT2D eigenvalue weighted by atomic mass is 28.4. The van der Waals surface area contributed by atoms with Crippen LogP contribution in [-0.4, -0.2) is 30.9 Å². The van der Waals surface area contributed by atoms with Gasteiger partial charge in [0, 0.05) is 11.1 Å². The zero-order valence-corrected chi connectivity index (χ0v) is 42.5. The molecule has 0 heterocycles. The lowest BCUT2D eigenvalue weighted by Gasteiger charge is -2.36. The Kier molecular flexibility index (Phi) is 16.3. The van der Waals surface area contributed by atoms with Crippen molar-refractivity contribution in [1.29, 1.82) is 0 Å². The van der Waals surface area contributed by atoms with Crippen molar-refractivity contribution in [2.24, 2.45) is 10.8 Å². The number of methoxy groups -OCH3 is 2.